The Morgan fingerprint density at radius 3 is 2.80 bits per heavy atom. The zero-order valence-corrected chi connectivity index (χ0v) is 10.4. The van der Waals surface area contributed by atoms with Crippen molar-refractivity contribution >= 4 is 0 Å². The molecule has 15 heavy (non-hydrogen) atoms. The Balaban J connectivity index is 2.13. The van der Waals surface area contributed by atoms with Crippen LogP contribution in [-0.4, -0.2) is 25.8 Å². The van der Waals surface area contributed by atoms with E-state index in [0.29, 0.717) is 0 Å². The van der Waals surface area contributed by atoms with Gasteiger partial charge in [0.25, 0.3) is 0 Å². The van der Waals surface area contributed by atoms with Crippen LogP contribution in [0.25, 0.3) is 0 Å². The first-order valence-electron chi connectivity index (χ1n) is 6.68. The van der Waals surface area contributed by atoms with Crippen molar-refractivity contribution in [3.8, 4) is 0 Å². The van der Waals surface area contributed by atoms with Crippen LogP contribution < -0.4 is 5.32 Å². The highest BCUT2D eigenvalue weighted by molar-refractivity contribution is 4.70. The van der Waals surface area contributed by atoms with Gasteiger partial charge in [-0.2, -0.15) is 0 Å². The predicted molar refractivity (Wildman–Crippen MR) is 65.1 cm³/mol. The van der Waals surface area contributed by atoms with E-state index in [-0.39, 0.29) is 0 Å². The van der Waals surface area contributed by atoms with E-state index in [2.05, 4.69) is 19.2 Å². The molecule has 0 aliphatic carbocycles. The monoisotopic (exact) mass is 213 g/mol. The molecule has 2 nitrogen and oxygen atoms in total. The van der Waals surface area contributed by atoms with Crippen LogP contribution in [0.2, 0.25) is 0 Å². The Morgan fingerprint density at radius 1 is 1.33 bits per heavy atom. The van der Waals surface area contributed by atoms with Gasteiger partial charge in [0, 0.05) is 19.3 Å². The van der Waals surface area contributed by atoms with Crippen LogP contribution in [0, 0.1) is 5.92 Å². The zero-order chi connectivity index (χ0) is 10.9. The van der Waals surface area contributed by atoms with Gasteiger partial charge in [-0.05, 0) is 44.6 Å². The minimum absolute atomic E-state index is 0.738. The Morgan fingerprint density at radius 2 is 2.20 bits per heavy atom. The van der Waals surface area contributed by atoms with Gasteiger partial charge in [-0.15, -0.1) is 0 Å². The normalized spacial score (nSPS) is 24.0. The Bertz CT molecular complexity index is 137. The summed E-state index contributed by atoms with van der Waals surface area (Å²) in [6.45, 7) is 7.57. The highest BCUT2D eigenvalue weighted by Crippen LogP contribution is 2.20. The van der Waals surface area contributed by atoms with Crippen LogP contribution in [0.4, 0.5) is 0 Å². The smallest absolute Gasteiger partial charge is 0.0494 e. The summed E-state index contributed by atoms with van der Waals surface area (Å²) in [4.78, 5) is 0. The fraction of sp³-hybridized carbons (Fsp3) is 1.00. The first-order chi connectivity index (χ1) is 7.36. The molecule has 1 aliphatic rings. The van der Waals surface area contributed by atoms with Gasteiger partial charge in [-0.1, -0.05) is 20.3 Å². The van der Waals surface area contributed by atoms with E-state index >= 15 is 0 Å². The number of rotatable bonds is 7. The van der Waals surface area contributed by atoms with E-state index in [9.17, 15) is 0 Å². The van der Waals surface area contributed by atoms with Crippen molar-refractivity contribution < 1.29 is 4.74 Å². The summed E-state index contributed by atoms with van der Waals surface area (Å²) in [6.07, 6.45) is 7.93. The van der Waals surface area contributed by atoms with Crippen LogP contribution in [0.1, 0.15) is 52.4 Å². The van der Waals surface area contributed by atoms with Crippen molar-refractivity contribution in [1.29, 1.82) is 0 Å². The molecule has 0 saturated carbocycles. The van der Waals surface area contributed by atoms with Crippen LogP contribution in [0.3, 0.4) is 0 Å². The van der Waals surface area contributed by atoms with Gasteiger partial charge < -0.3 is 10.1 Å². The van der Waals surface area contributed by atoms with Crippen molar-refractivity contribution in [2.45, 2.75) is 58.4 Å². The van der Waals surface area contributed by atoms with E-state index in [4.69, 9.17) is 4.74 Å². The molecule has 2 heteroatoms. The first kappa shape index (κ1) is 13.0. The number of hydrogen-bond donors (Lipinski definition) is 1. The molecule has 0 amide bonds. The molecule has 2 unspecified atom stereocenters. The SMILES string of the molecule is CCCC(CCC1CCCOC1)NCC. The van der Waals surface area contributed by atoms with Crippen molar-refractivity contribution in [2.75, 3.05) is 19.8 Å². The van der Waals surface area contributed by atoms with Crippen molar-refractivity contribution in [2.24, 2.45) is 5.92 Å². The summed E-state index contributed by atoms with van der Waals surface area (Å²) in [5, 5.41) is 3.58. The average Bonchev–Trinajstić information content (AvgIpc) is 2.28. The van der Waals surface area contributed by atoms with E-state index in [0.717, 1.165) is 31.7 Å². The molecule has 0 spiro atoms. The summed E-state index contributed by atoms with van der Waals surface area (Å²) in [5.74, 6) is 0.830. The maximum atomic E-state index is 5.51. The topological polar surface area (TPSA) is 21.3 Å². The molecule has 0 aromatic rings. The summed E-state index contributed by atoms with van der Waals surface area (Å²) < 4.78 is 5.51. The molecule has 1 rings (SSSR count). The molecule has 0 bridgehead atoms. The van der Waals surface area contributed by atoms with E-state index in [1.54, 1.807) is 0 Å². The molecule has 1 N–H and O–H groups in total. The lowest BCUT2D eigenvalue weighted by molar-refractivity contribution is 0.0497. The molecule has 1 aliphatic heterocycles. The fourth-order valence-corrected chi connectivity index (χ4v) is 2.46. The van der Waals surface area contributed by atoms with Gasteiger partial charge in [-0.25, -0.2) is 0 Å². The summed E-state index contributed by atoms with van der Waals surface area (Å²) >= 11 is 0. The summed E-state index contributed by atoms with van der Waals surface area (Å²) in [6, 6.07) is 0.738. The molecule has 0 aromatic carbocycles. The molecule has 1 fully saturated rings. The minimum atomic E-state index is 0.738. The van der Waals surface area contributed by atoms with Crippen LogP contribution >= 0.6 is 0 Å². The van der Waals surface area contributed by atoms with Crippen LogP contribution in [-0.2, 0) is 4.74 Å². The third-order valence-electron chi connectivity index (χ3n) is 3.31. The first-order valence-corrected chi connectivity index (χ1v) is 6.68. The van der Waals surface area contributed by atoms with E-state index < -0.39 is 0 Å². The number of ether oxygens (including phenoxy) is 1. The van der Waals surface area contributed by atoms with Crippen LogP contribution in [0.5, 0.6) is 0 Å². The highest BCUT2D eigenvalue weighted by atomic mass is 16.5. The Kier molecular flexibility index (Phi) is 7.03. The van der Waals surface area contributed by atoms with Gasteiger partial charge in [0.1, 0.15) is 0 Å². The quantitative estimate of drug-likeness (QED) is 0.702. The maximum absolute atomic E-state index is 5.51. The molecule has 0 radical (unpaired) electrons. The lowest BCUT2D eigenvalue weighted by Gasteiger charge is -2.24. The molecule has 90 valence electrons. The zero-order valence-electron chi connectivity index (χ0n) is 10.4. The molecule has 0 aromatic heterocycles. The largest absolute Gasteiger partial charge is 0.381 e. The standard InChI is InChI=1S/C13H27NO/c1-3-6-13(14-4-2)9-8-12-7-5-10-15-11-12/h12-14H,3-11H2,1-2H3. The van der Waals surface area contributed by atoms with Crippen molar-refractivity contribution in [3.63, 3.8) is 0 Å². The third-order valence-corrected chi connectivity index (χ3v) is 3.31. The molecular weight excluding hydrogens is 186 g/mol. The third kappa shape index (κ3) is 5.53. The van der Waals surface area contributed by atoms with Crippen molar-refractivity contribution in [3.05, 3.63) is 0 Å². The number of hydrogen-bond acceptors (Lipinski definition) is 2. The van der Waals surface area contributed by atoms with Crippen molar-refractivity contribution in [1.82, 2.24) is 5.32 Å². The average molecular weight is 213 g/mol. The second kappa shape index (κ2) is 8.12. The van der Waals surface area contributed by atoms with E-state index in [1.807, 2.05) is 0 Å². The van der Waals surface area contributed by atoms with Gasteiger partial charge in [0.15, 0.2) is 0 Å². The molecule has 1 heterocycles. The highest BCUT2D eigenvalue weighted by Gasteiger charge is 2.15. The van der Waals surface area contributed by atoms with Gasteiger partial charge in [0.2, 0.25) is 0 Å². The summed E-state index contributed by atoms with van der Waals surface area (Å²) in [7, 11) is 0. The Hall–Kier alpha value is -0.0800. The number of nitrogens with one attached hydrogen (secondary N) is 1. The van der Waals surface area contributed by atoms with Crippen LogP contribution in [0.15, 0.2) is 0 Å². The molecular formula is C13H27NO. The fourth-order valence-electron chi connectivity index (χ4n) is 2.46. The van der Waals surface area contributed by atoms with E-state index in [1.165, 1.54) is 38.5 Å². The van der Waals surface area contributed by atoms with Gasteiger partial charge in [-0.3, -0.25) is 0 Å². The lowest BCUT2D eigenvalue weighted by Crippen LogP contribution is -2.30. The molecule has 2 atom stereocenters. The second-order valence-electron chi connectivity index (χ2n) is 4.70. The summed E-state index contributed by atoms with van der Waals surface area (Å²) in [5.41, 5.74) is 0. The maximum Gasteiger partial charge on any atom is 0.0494 e. The minimum Gasteiger partial charge on any atom is -0.381 e. The van der Waals surface area contributed by atoms with Gasteiger partial charge in [0.05, 0.1) is 0 Å². The van der Waals surface area contributed by atoms with Gasteiger partial charge >= 0.3 is 0 Å². The Labute approximate surface area is 94.8 Å². The predicted octanol–water partition coefficient (Wildman–Crippen LogP) is 2.97. The molecule has 1 saturated heterocycles. The second-order valence-corrected chi connectivity index (χ2v) is 4.70. The lowest BCUT2D eigenvalue weighted by atomic mass is 9.93.